The van der Waals surface area contributed by atoms with Gasteiger partial charge in [-0.3, -0.25) is 0 Å². The van der Waals surface area contributed by atoms with Gasteiger partial charge in [-0.15, -0.1) is 0 Å². The summed E-state index contributed by atoms with van der Waals surface area (Å²) in [5, 5.41) is 0.643. The predicted octanol–water partition coefficient (Wildman–Crippen LogP) is 3.65. The molecule has 0 saturated carbocycles. The Morgan fingerprint density at radius 2 is 1.84 bits per heavy atom. The van der Waals surface area contributed by atoms with Crippen LogP contribution in [-0.4, -0.2) is 7.11 Å². The summed E-state index contributed by atoms with van der Waals surface area (Å²) in [6.45, 7) is 0.237. The highest BCUT2D eigenvalue weighted by Gasteiger charge is 2.09. The summed E-state index contributed by atoms with van der Waals surface area (Å²) in [6, 6.07) is 9.74. The van der Waals surface area contributed by atoms with E-state index in [1.165, 1.54) is 19.2 Å². The highest BCUT2D eigenvalue weighted by atomic mass is 35.5. The molecule has 2 aromatic carbocycles. The minimum atomic E-state index is -0.521. The molecule has 5 heteroatoms. The minimum Gasteiger partial charge on any atom is -0.494 e. The quantitative estimate of drug-likeness (QED) is 0.870. The Morgan fingerprint density at radius 1 is 1.16 bits per heavy atom. The molecule has 0 atom stereocenters. The third-order valence-electron chi connectivity index (χ3n) is 2.59. The van der Waals surface area contributed by atoms with E-state index in [9.17, 15) is 4.39 Å². The smallest absolute Gasteiger partial charge is 0.167 e. The fourth-order valence-electron chi connectivity index (χ4n) is 1.58. The molecule has 0 unspecified atom stereocenters. The molecular formula is C14H13ClFNO2. The monoisotopic (exact) mass is 281 g/mol. The van der Waals surface area contributed by atoms with Gasteiger partial charge in [0, 0.05) is 17.2 Å². The third-order valence-corrected chi connectivity index (χ3v) is 2.84. The number of hydrogen-bond donors (Lipinski definition) is 1. The molecule has 0 aliphatic rings. The van der Waals surface area contributed by atoms with Crippen LogP contribution >= 0.6 is 11.6 Å². The summed E-state index contributed by atoms with van der Waals surface area (Å²) < 4.78 is 24.1. The van der Waals surface area contributed by atoms with Crippen molar-refractivity contribution in [2.24, 2.45) is 0 Å². The van der Waals surface area contributed by atoms with Gasteiger partial charge in [0.25, 0.3) is 0 Å². The van der Waals surface area contributed by atoms with Crippen molar-refractivity contribution in [1.29, 1.82) is 0 Å². The van der Waals surface area contributed by atoms with Crippen LogP contribution in [0.1, 0.15) is 5.56 Å². The van der Waals surface area contributed by atoms with Gasteiger partial charge < -0.3 is 15.2 Å². The lowest BCUT2D eigenvalue weighted by Gasteiger charge is -2.11. The lowest BCUT2D eigenvalue weighted by atomic mass is 10.2. The first-order chi connectivity index (χ1) is 9.10. The summed E-state index contributed by atoms with van der Waals surface area (Å²) in [5.41, 5.74) is 6.71. The van der Waals surface area contributed by atoms with Gasteiger partial charge in [-0.2, -0.15) is 0 Å². The average Bonchev–Trinajstić information content (AvgIpc) is 2.40. The molecule has 0 amide bonds. The van der Waals surface area contributed by atoms with E-state index in [0.717, 1.165) is 5.56 Å². The summed E-state index contributed by atoms with van der Waals surface area (Å²) in [6.07, 6.45) is 0. The molecule has 2 N–H and O–H groups in total. The van der Waals surface area contributed by atoms with Crippen LogP contribution in [0.2, 0.25) is 5.02 Å². The van der Waals surface area contributed by atoms with Crippen molar-refractivity contribution >= 4 is 17.3 Å². The van der Waals surface area contributed by atoms with Crippen molar-refractivity contribution in [3.63, 3.8) is 0 Å². The first kappa shape index (κ1) is 13.5. The second kappa shape index (κ2) is 5.80. The zero-order chi connectivity index (χ0) is 13.8. The van der Waals surface area contributed by atoms with Crippen LogP contribution in [0.25, 0.3) is 0 Å². The zero-order valence-electron chi connectivity index (χ0n) is 10.3. The molecule has 19 heavy (non-hydrogen) atoms. The van der Waals surface area contributed by atoms with Crippen molar-refractivity contribution in [2.45, 2.75) is 6.61 Å². The van der Waals surface area contributed by atoms with Gasteiger partial charge in [-0.1, -0.05) is 23.7 Å². The van der Waals surface area contributed by atoms with Crippen molar-refractivity contribution in [2.75, 3.05) is 12.8 Å². The predicted molar refractivity (Wildman–Crippen MR) is 73.1 cm³/mol. The number of halogens is 2. The van der Waals surface area contributed by atoms with Crippen LogP contribution in [0.5, 0.6) is 11.5 Å². The lowest BCUT2D eigenvalue weighted by Crippen LogP contribution is -2.00. The molecule has 0 spiro atoms. The molecular weight excluding hydrogens is 269 g/mol. The van der Waals surface area contributed by atoms with Crippen LogP contribution in [0.15, 0.2) is 36.4 Å². The van der Waals surface area contributed by atoms with Crippen molar-refractivity contribution in [1.82, 2.24) is 0 Å². The minimum absolute atomic E-state index is 0.0981. The van der Waals surface area contributed by atoms with Crippen molar-refractivity contribution in [3.8, 4) is 11.5 Å². The summed E-state index contributed by atoms with van der Waals surface area (Å²) in [5.74, 6) is -0.0410. The number of methoxy groups -OCH3 is 1. The molecule has 0 aliphatic heterocycles. The van der Waals surface area contributed by atoms with Crippen LogP contribution < -0.4 is 15.2 Å². The van der Waals surface area contributed by atoms with Gasteiger partial charge in [0.15, 0.2) is 11.6 Å². The fourth-order valence-corrected chi connectivity index (χ4v) is 1.71. The largest absolute Gasteiger partial charge is 0.494 e. The number of anilines is 1. The lowest BCUT2D eigenvalue weighted by molar-refractivity contribution is 0.288. The SMILES string of the molecule is COc1cc(OCc2ccc(Cl)cc2)c(F)cc1N. The highest BCUT2D eigenvalue weighted by Crippen LogP contribution is 2.30. The molecule has 2 rings (SSSR count). The Morgan fingerprint density at radius 3 is 2.47 bits per heavy atom. The number of hydrogen-bond acceptors (Lipinski definition) is 3. The first-order valence-electron chi connectivity index (χ1n) is 5.60. The number of nitrogens with two attached hydrogens (primary N) is 1. The highest BCUT2D eigenvalue weighted by molar-refractivity contribution is 6.30. The second-order valence-electron chi connectivity index (χ2n) is 3.94. The van der Waals surface area contributed by atoms with Crippen molar-refractivity contribution < 1.29 is 13.9 Å². The molecule has 0 fully saturated rings. The Bertz CT molecular complexity index is 572. The van der Waals surface area contributed by atoms with Gasteiger partial charge >= 0.3 is 0 Å². The zero-order valence-corrected chi connectivity index (χ0v) is 11.1. The normalized spacial score (nSPS) is 10.3. The maximum atomic E-state index is 13.7. The molecule has 2 aromatic rings. The molecule has 0 radical (unpaired) electrons. The maximum Gasteiger partial charge on any atom is 0.167 e. The van der Waals surface area contributed by atoms with Gasteiger partial charge in [-0.05, 0) is 17.7 Å². The van der Waals surface area contributed by atoms with E-state index in [1.807, 2.05) is 12.1 Å². The summed E-state index contributed by atoms with van der Waals surface area (Å²) in [4.78, 5) is 0. The first-order valence-corrected chi connectivity index (χ1v) is 5.98. The average molecular weight is 282 g/mol. The second-order valence-corrected chi connectivity index (χ2v) is 4.38. The molecule has 100 valence electrons. The maximum absolute atomic E-state index is 13.7. The van der Waals surface area contributed by atoms with E-state index < -0.39 is 5.82 Å². The molecule has 0 aliphatic carbocycles. The third kappa shape index (κ3) is 3.29. The van der Waals surface area contributed by atoms with Gasteiger partial charge in [0.05, 0.1) is 12.8 Å². The van der Waals surface area contributed by atoms with Gasteiger partial charge in [0.2, 0.25) is 0 Å². The van der Waals surface area contributed by atoms with Crippen LogP contribution in [-0.2, 0) is 6.61 Å². The number of benzene rings is 2. The van der Waals surface area contributed by atoms with E-state index in [1.54, 1.807) is 12.1 Å². The number of nitrogen functional groups attached to an aromatic ring is 1. The van der Waals surface area contributed by atoms with Gasteiger partial charge in [0.1, 0.15) is 12.4 Å². The van der Waals surface area contributed by atoms with Crippen molar-refractivity contribution in [3.05, 3.63) is 52.8 Å². The Hall–Kier alpha value is -1.94. The molecule has 0 aromatic heterocycles. The van der Waals surface area contributed by atoms with E-state index in [4.69, 9.17) is 26.8 Å². The van der Waals surface area contributed by atoms with Crippen LogP contribution in [0.3, 0.4) is 0 Å². The van der Waals surface area contributed by atoms with Crippen LogP contribution in [0.4, 0.5) is 10.1 Å². The summed E-state index contributed by atoms with van der Waals surface area (Å²) >= 11 is 5.78. The number of ether oxygens (including phenoxy) is 2. The van der Waals surface area contributed by atoms with E-state index >= 15 is 0 Å². The van der Waals surface area contributed by atoms with E-state index in [0.29, 0.717) is 10.8 Å². The van der Waals surface area contributed by atoms with E-state index in [-0.39, 0.29) is 18.0 Å². The van der Waals surface area contributed by atoms with Gasteiger partial charge in [-0.25, -0.2) is 4.39 Å². The topological polar surface area (TPSA) is 44.5 Å². The fraction of sp³-hybridized carbons (Fsp3) is 0.143. The van der Waals surface area contributed by atoms with Crippen LogP contribution in [0, 0.1) is 5.82 Å². The summed E-state index contributed by atoms with van der Waals surface area (Å²) in [7, 11) is 1.46. The molecule has 0 saturated heterocycles. The standard InChI is InChI=1S/C14H13ClFNO2/c1-18-14-7-13(11(16)6-12(14)17)19-8-9-2-4-10(15)5-3-9/h2-7H,8,17H2,1H3. The number of rotatable bonds is 4. The Kier molecular flexibility index (Phi) is 4.12. The Balaban J connectivity index is 2.13. The molecule has 0 bridgehead atoms. The van der Waals surface area contributed by atoms with E-state index in [2.05, 4.69) is 0 Å². The molecule has 3 nitrogen and oxygen atoms in total. The Labute approximate surface area is 115 Å². The molecule has 0 heterocycles.